The highest BCUT2D eigenvalue weighted by atomic mass is 32.1. The number of hydrogen-bond acceptors (Lipinski definition) is 5. The van der Waals surface area contributed by atoms with E-state index < -0.39 is 18.0 Å². The molecule has 0 aromatic carbocycles. The van der Waals surface area contributed by atoms with E-state index in [1.165, 1.54) is 34.8 Å². The van der Waals surface area contributed by atoms with E-state index in [1.54, 1.807) is 5.38 Å². The molecule has 1 saturated heterocycles. The van der Waals surface area contributed by atoms with Crippen molar-refractivity contribution >= 4 is 17.2 Å². The van der Waals surface area contributed by atoms with Crippen LogP contribution in [0.15, 0.2) is 24.0 Å². The molecule has 1 fully saturated rings. The molecule has 122 valence electrons. The topological polar surface area (TPSA) is 59.0 Å². The normalized spacial score (nSPS) is 18.9. The van der Waals surface area contributed by atoms with Crippen LogP contribution in [0.25, 0.3) is 10.7 Å². The molecule has 0 spiro atoms. The monoisotopic (exact) mass is 342 g/mol. The summed E-state index contributed by atoms with van der Waals surface area (Å²) >= 11 is 1.22. The average molecular weight is 342 g/mol. The van der Waals surface area contributed by atoms with Gasteiger partial charge in [0.15, 0.2) is 0 Å². The summed E-state index contributed by atoms with van der Waals surface area (Å²) in [5, 5.41) is 2.06. The van der Waals surface area contributed by atoms with Crippen LogP contribution in [0.1, 0.15) is 23.3 Å². The largest absolute Gasteiger partial charge is 0.393 e. The lowest BCUT2D eigenvalue weighted by atomic mass is 9.97. The van der Waals surface area contributed by atoms with Crippen molar-refractivity contribution in [2.45, 2.75) is 19.0 Å². The Kier molecular flexibility index (Phi) is 4.29. The summed E-state index contributed by atoms with van der Waals surface area (Å²) in [7, 11) is 0. The molecule has 1 amide bonds. The van der Waals surface area contributed by atoms with E-state index >= 15 is 0 Å². The molecule has 1 atom stereocenters. The van der Waals surface area contributed by atoms with Gasteiger partial charge in [0.05, 0.1) is 12.1 Å². The van der Waals surface area contributed by atoms with Gasteiger partial charge in [-0.3, -0.25) is 14.8 Å². The molecule has 1 aliphatic rings. The van der Waals surface area contributed by atoms with Gasteiger partial charge in [-0.25, -0.2) is 4.98 Å². The van der Waals surface area contributed by atoms with Crippen LogP contribution < -0.4 is 0 Å². The molecule has 0 unspecified atom stereocenters. The Bertz CT molecular complexity index is 689. The zero-order valence-corrected chi connectivity index (χ0v) is 12.8. The van der Waals surface area contributed by atoms with Crippen LogP contribution in [0, 0.1) is 5.92 Å². The summed E-state index contributed by atoms with van der Waals surface area (Å²) in [6.45, 7) is 0.0176. The summed E-state index contributed by atoms with van der Waals surface area (Å²) in [6, 6.07) is 0. The van der Waals surface area contributed by atoms with E-state index in [2.05, 4.69) is 15.0 Å². The molecule has 0 N–H and O–H groups in total. The minimum atomic E-state index is -4.27. The van der Waals surface area contributed by atoms with Crippen molar-refractivity contribution in [2.75, 3.05) is 13.1 Å². The smallest absolute Gasteiger partial charge is 0.337 e. The van der Waals surface area contributed by atoms with Gasteiger partial charge in [0, 0.05) is 30.9 Å². The lowest BCUT2D eigenvalue weighted by molar-refractivity contribution is -0.184. The second-order valence-corrected chi connectivity index (χ2v) is 6.12. The highest BCUT2D eigenvalue weighted by Crippen LogP contribution is 2.33. The number of hydrogen-bond donors (Lipinski definition) is 0. The van der Waals surface area contributed by atoms with Gasteiger partial charge in [-0.2, -0.15) is 13.2 Å². The Morgan fingerprint density at radius 3 is 2.87 bits per heavy atom. The minimum absolute atomic E-state index is 0.0647. The van der Waals surface area contributed by atoms with Gasteiger partial charge in [0.25, 0.3) is 5.91 Å². The lowest BCUT2D eigenvalue weighted by Gasteiger charge is -2.33. The number of carbonyl (C=O) groups excluding carboxylic acids is 1. The molecular formula is C14H13F3N4OS. The quantitative estimate of drug-likeness (QED) is 0.842. The number of thiazole rings is 1. The van der Waals surface area contributed by atoms with Gasteiger partial charge in [0.1, 0.15) is 16.4 Å². The van der Waals surface area contributed by atoms with Gasteiger partial charge < -0.3 is 4.90 Å². The van der Waals surface area contributed by atoms with Crippen LogP contribution in [0.2, 0.25) is 0 Å². The molecule has 1 aliphatic heterocycles. The average Bonchev–Trinajstić information content (AvgIpc) is 3.04. The molecule has 9 heteroatoms. The Morgan fingerprint density at radius 2 is 2.17 bits per heavy atom. The Hall–Kier alpha value is -2.03. The molecule has 2 aromatic rings. The molecule has 0 bridgehead atoms. The fourth-order valence-corrected chi connectivity index (χ4v) is 3.24. The molecule has 23 heavy (non-hydrogen) atoms. The molecule has 5 nitrogen and oxygen atoms in total. The Balaban J connectivity index is 1.75. The number of amides is 1. The third-order valence-electron chi connectivity index (χ3n) is 3.68. The van der Waals surface area contributed by atoms with Crippen molar-refractivity contribution in [3.05, 3.63) is 29.7 Å². The maximum atomic E-state index is 12.8. The van der Waals surface area contributed by atoms with Crippen molar-refractivity contribution in [1.29, 1.82) is 0 Å². The van der Waals surface area contributed by atoms with Crippen LogP contribution in [-0.4, -0.2) is 45.0 Å². The van der Waals surface area contributed by atoms with Crippen molar-refractivity contribution < 1.29 is 18.0 Å². The first kappa shape index (κ1) is 15.9. The van der Waals surface area contributed by atoms with Crippen molar-refractivity contribution in [1.82, 2.24) is 19.9 Å². The molecule has 2 aromatic heterocycles. The van der Waals surface area contributed by atoms with Crippen molar-refractivity contribution in [3.8, 4) is 10.7 Å². The van der Waals surface area contributed by atoms with Gasteiger partial charge in [-0.1, -0.05) is 0 Å². The summed E-state index contributed by atoms with van der Waals surface area (Å²) in [5.41, 5.74) is 0.682. The standard InChI is InChI=1S/C14H13F3N4OS/c15-14(16,17)9-2-1-5-21(7-9)13(22)11-8-23-12(20-11)10-6-18-3-4-19-10/h3-4,6,8-9H,1-2,5,7H2/t9-/m0/s1. The van der Waals surface area contributed by atoms with E-state index in [4.69, 9.17) is 0 Å². The molecule has 0 saturated carbocycles. The fraction of sp³-hybridized carbons (Fsp3) is 0.429. The molecule has 3 rings (SSSR count). The first-order valence-corrected chi connectivity index (χ1v) is 7.91. The van der Waals surface area contributed by atoms with E-state index in [9.17, 15) is 18.0 Å². The zero-order valence-electron chi connectivity index (χ0n) is 12.0. The second kappa shape index (κ2) is 6.23. The van der Waals surface area contributed by atoms with E-state index in [0.717, 1.165) is 0 Å². The predicted molar refractivity (Wildman–Crippen MR) is 77.8 cm³/mol. The predicted octanol–water partition coefficient (Wildman–Crippen LogP) is 3.01. The van der Waals surface area contributed by atoms with E-state index in [-0.39, 0.29) is 18.7 Å². The molecule has 3 heterocycles. The number of aromatic nitrogens is 3. The Morgan fingerprint density at radius 1 is 1.35 bits per heavy atom. The summed E-state index contributed by atoms with van der Waals surface area (Å²) in [6.07, 6.45) is 0.691. The number of piperidine rings is 1. The van der Waals surface area contributed by atoms with Crippen molar-refractivity contribution in [2.24, 2.45) is 5.92 Å². The molecular weight excluding hydrogens is 329 g/mol. The zero-order chi connectivity index (χ0) is 16.4. The highest BCUT2D eigenvalue weighted by Gasteiger charge is 2.43. The van der Waals surface area contributed by atoms with Gasteiger partial charge in [-0.05, 0) is 12.8 Å². The van der Waals surface area contributed by atoms with Crippen molar-refractivity contribution in [3.63, 3.8) is 0 Å². The van der Waals surface area contributed by atoms with Crippen LogP contribution >= 0.6 is 11.3 Å². The number of carbonyl (C=O) groups is 1. The number of rotatable bonds is 2. The summed E-state index contributed by atoms with van der Waals surface area (Å²) in [4.78, 5) is 25.8. The van der Waals surface area contributed by atoms with Gasteiger partial charge >= 0.3 is 6.18 Å². The number of likely N-dealkylation sites (tertiary alicyclic amines) is 1. The molecule has 0 aliphatic carbocycles. The third-order valence-corrected chi connectivity index (χ3v) is 4.54. The van der Waals surface area contributed by atoms with E-state index in [0.29, 0.717) is 23.7 Å². The second-order valence-electron chi connectivity index (χ2n) is 5.26. The number of nitrogens with zero attached hydrogens (tertiary/aromatic N) is 4. The maximum Gasteiger partial charge on any atom is 0.393 e. The maximum absolute atomic E-state index is 12.8. The van der Waals surface area contributed by atoms with Crippen LogP contribution in [0.5, 0.6) is 0 Å². The van der Waals surface area contributed by atoms with E-state index in [1.807, 2.05) is 0 Å². The fourth-order valence-electron chi connectivity index (χ4n) is 2.49. The SMILES string of the molecule is O=C(c1csc(-c2cnccn2)n1)N1CCC[C@H](C(F)(F)F)C1. The van der Waals surface area contributed by atoms with Crippen LogP contribution in [0.3, 0.4) is 0 Å². The Labute approximate surface area is 134 Å². The molecule has 0 radical (unpaired) electrons. The summed E-state index contributed by atoms with van der Waals surface area (Å²) < 4.78 is 38.5. The summed E-state index contributed by atoms with van der Waals surface area (Å²) in [5.74, 6) is -1.93. The first-order chi connectivity index (χ1) is 10.9. The van der Waals surface area contributed by atoms with Gasteiger partial charge in [-0.15, -0.1) is 11.3 Å². The van der Waals surface area contributed by atoms with Gasteiger partial charge in [0.2, 0.25) is 0 Å². The van der Waals surface area contributed by atoms with Crippen LogP contribution in [0.4, 0.5) is 13.2 Å². The number of halogens is 3. The van der Waals surface area contributed by atoms with Crippen LogP contribution in [-0.2, 0) is 0 Å². The minimum Gasteiger partial charge on any atom is -0.337 e. The lowest BCUT2D eigenvalue weighted by Crippen LogP contribution is -2.44. The highest BCUT2D eigenvalue weighted by molar-refractivity contribution is 7.13. The number of alkyl halides is 3. The third kappa shape index (κ3) is 3.49. The first-order valence-electron chi connectivity index (χ1n) is 7.03.